The second-order valence-corrected chi connectivity index (χ2v) is 6.21. The summed E-state index contributed by atoms with van der Waals surface area (Å²) in [6.07, 6.45) is 0.563. The maximum atomic E-state index is 12.5. The first-order valence-corrected chi connectivity index (χ1v) is 7.93. The van der Waals surface area contributed by atoms with E-state index in [0.29, 0.717) is 34.4 Å². The van der Waals surface area contributed by atoms with Crippen LogP contribution in [0.1, 0.15) is 23.0 Å². The van der Waals surface area contributed by atoms with E-state index in [2.05, 4.69) is 0 Å². The number of rotatable bonds is 5. The molecule has 1 aromatic carbocycles. The number of hydrogen-bond donors (Lipinski definition) is 1. The van der Waals surface area contributed by atoms with Crippen LogP contribution in [0.3, 0.4) is 0 Å². The first kappa shape index (κ1) is 15.6. The Labute approximate surface area is 131 Å². The molecule has 20 heavy (non-hydrogen) atoms. The molecule has 2 aromatic rings. The van der Waals surface area contributed by atoms with Gasteiger partial charge in [0, 0.05) is 34.8 Å². The SMILES string of the molecule is CCN(CCCO)C(=O)c1sc2cc(Cl)ccc2c1Cl. The normalized spacial score (nSPS) is 11.0. The predicted molar refractivity (Wildman–Crippen MR) is 85.1 cm³/mol. The van der Waals surface area contributed by atoms with Crippen molar-refractivity contribution in [1.82, 2.24) is 4.90 Å². The number of carbonyl (C=O) groups excluding carboxylic acids is 1. The van der Waals surface area contributed by atoms with Crippen LogP contribution in [0.25, 0.3) is 10.1 Å². The second-order valence-electron chi connectivity index (χ2n) is 4.35. The summed E-state index contributed by atoms with van der Waals surface area (Å²) >= 11 is 13.6. The lowest BCUT2D eigenvalue weighted by Gasteiger charge is -2.19. The number of hydrogen-bond acceptors (Lipinski definition) is 3. The van der Waals surface area contributed by atoms with E-state index in [4.69, 9.17) is 28.3 Å². The zero-order valence-corrected chi connectivity index (χ0v) is 13.4. The monoisotopic (exact) mass is 331 g/mol. The number of amides is 1. The fourth-order valence-electron chi connectivity index (χ4n) is 1.99. The van der Waals surface area contributed by atoms with Gasteiger partial charge in [-0.25, -0.2) is 0 Å². The van der Waals surface area contributed by atoms with E-state index in [9.17, 15) is 4.79 Å². The summed E-state index contributed by atoms with van der Waals surface area (Å²) in [7, 11) is 0. The molecular formula is C14H15Cl2NO2S. The van der Waals surface area contributed by atoms with Gasteiger partial charge in [-0.2, -0.15) is 0 Å². The Hall–Kier alpha value is -0.810. The standard InChI is InChI=1S/C14H15Cl2NO2S/c1-2-17(6-3-7-18)14(19)13-12(16)10-5-4-9(15)8-11(10)20-13/h4-5,8,18H,2-3,6-7H2,1H3. The minimum absolute atomic E-state index is 0.0690. The molecule has 1 aromatic heterocycles. The molecule has 6 heteroatoms. The van der Waals surface area contributed by atoms with Crippen molar-refractivity contribution in [3.63, 3.8) is 0 Å². The molecule has 0 aliphatic heterocycles. The summed E-state index contributed by atoms with van der Waals surface area (Å²) in [5.74, 6) is -0.0942. The van der Waals surface area contributed by atoms with Crippen molar-refractivity contribution in [3.8, 4) is 0 Å². The third-order valence-electron chi connectivity index (χ3n) is 3.04. The molecule has 0 aliphatic rings. The van der Waals surface area contributed by atoms with Gasteiger partial charge in [-0.1, -0.05) is 29.3 Å². The molecule has 3 nitrogen and oxygen atoms in total. The average molecular weight is 332 g/mol. The third-order valence-corrected chi connectivity index (χ3v) is 4.92. The van der Waals surface area contributed by atoms with E-state index in [1.54, 1.807) is 11.0 Å². The Morgan fingerprint density at radius 1 is 1.40 bits per heavy atom. The molecular weight excluding hydrogens is 317 g/mol. The van der Waals surface area contributed by atoms with Gasteiger partial charge >= 0.3 is 0 Å². The maximum absolute atomic E-state index is 12.5. The second kappa shape index (κ2) is 6.76. The van der Waals surface area contributed by atoms with Crippen LogP contribution >= 0.6 is 34.5 Å². The molecule has 1 amide bonds. The van der Waals surface area contributed by atoms with Crippen LogP contribution in [-0.2, 0) is 0 Å². The summed E-state index contributed by atoms with van der Waals surface area (Å²) in [5, 5.41) is 10.8. The fourth-order valence-corrected chi connectivity index (χ4v) is 3.74. The Kier molecular flexibility index (Phi) is 5.27. The zero-order valence-electron chi connectivity index (χ0n) is 11.0. The Balaban J connectivity index is 2.36. The minimum atomic E-state index is -0.0942. The molecule has 1 N–H and O–H groups in total. The third kappa shape index (κ3) is 3.09. The van der Waals surface area contributed by atoms with Gasteiger partial charge in [-0.05, 0) is 25.5 Å². The van der Waals surface area contributed by atoms with Gasteiger partial charge in [-0.3, -0.25) is 4.79 Å². The van der Waals surface area contributed by atoms with Crippen molar-refractivity contribution in [2.75, 3.05) is 19.7 Å². The molecule has 108 valence electrons. The van der Waals surface area contributed by atoms with Gasteiger partial charge in [0.15, 0.2) is 0 Å². The van der Waals surface area contributed by atoms with Gasteiger partial charge in [0.05, 0.1) is 5.02 Å². The van der Waals surface area contributed by atoms with Gasteiger partial charge in [0.25, 0.3) is 5.91 Å². The molecule has 0 aliphatic carbocycles. The first-order valence-electron chi connectivity index (χ1n) is 6.36. The van der Waals surface area contributed by atoms with Crippen molar-refractivity contribution in [2.45, 2.75) is 13.3 Å². The average Bonchev–Trinajstić information content (AvgIpc) is 2.76. The van der Waals surface area contributed by atoms with Crippen LogP contribution in [0.15, 0.2) is 18.2 Å². The first-order chi connectivity index (χ1) is 9.58. The van der Waals surface area contributed by atoms with Crippen LogP contribution in [0, 0.1) is 0 Å². The predicted octanol–water partition coefficient (Wildman–Crippen LogP) is 4.05. The lowest BCUT2D eigenvalue weighted by molar-refractivity contribution is 0.0759. The summed E-state index contributed by atoms with van der Waals surface area (Å²) in [5.41, 5.74) is 0. The van der Waals surface area contributed by atoms with E-state index in [-0.39, 0.29) is 12.5 Å². The van der Waals surface area contributed by atoms with Crippen LogP contribution in [0.4, 0.5) is 0 Å². The molecule has 0 spiro atoms. The van der Waals surface area contributed by atoms with E-state index in [0.717, 1.165) is 10.1 Å². The highest BCUT2D eigenvalue weighted by Crippen LogP contribution is 2.37. The lowest BCUT2D eigenvalue weighted by Crippen LogP contribution is -2.31. The van der Waals surface area contributed by atoms with E-state index < -0.39 is 0 Å². The summed E-state index contributed by atoms with van der Waals surface area (Å²) in [4.78, 5) is 14.7. The summed E-state index contributed by atoms with van der Waals surface area (Å²) in [6, 6.07) is 5.41. The van der Waals surface area contributed by atoms with Crippen LogP contribution in [-0.4, -0.2) is 35.6 Å². The fraction of sp³-hybridized carbons (Fsp3) is 0.357. The largest absolute Gasteiger partial charge is 0.396 e. The van der Waals surface area contributed by atoms with Crippen LogP contribution < -0.4 is 0 Å². The zero-order chi connectivity index (χ0) is 14.7. The highest BCUT2D eigenvalue weighted by Gasteiger charge is 2.21. The summed E-state index contributed by atoms with van der Waals surface area (Å²) in [6.45, 7) is 3.09. The van der Waals surface area contributed by atoms with E-state index in [1.807, 2.05) is 19.1 Å². The smallest absolute Gasteiger partial charge is 0.265 e. The summed E-state index contributed by atoms with van der Waals surface area (Å²) < 4.78 is 0.907. The highest BCUT2D eigenvalue weighted by atomic mass is 35.5. The Morgan fingerprint density at radius 3 is 2.80 bits per heavy atom. The molecule has 0 radical (unpaired) electrons. The van der Waals surface area contributed by atoms with Crippen LogP contribution in [0.5, 0.6) is 0 Å². The number of aliphatic hydroxyl groups excluding tert-OH is 1. The maximum Gasteiger partial charge on any atom is 0.265 e. The molecule has 0 fully saturated rings. The number of benzene rings is 1. The van der Waals surface area contributed by atoms with Gasteiger partial charge in [0.1, 0.15) is 4.88 Å². The van der Waals surface area contributed by atoms with Gasteiger partial charge < -0.3 is 10.0 Å². The number of fused-ring (bicyclic) bond motifs is 1. The number of thiophene rings is 1. The van der Waals surface area contributed by atoms with E-state index >= 15 is 0 Å². The number of halogens is 2. The number of carbonyl (C=O) groups is 1. The van der Waals surface area contributed by atoms with Crippen molar-refractivity contribution >= 4 is 50.5 Å². The van der Waals surface area contributed by atoms with E-state index in [1.165, 1.54) is 11.3 Å². The lowest BCUT2D eigenvalue weighted by atomic mass is 10.2. The molecule has 2 rings (SSSR count). The number of aliphatic hydroxyl groups is 1. The highest BCUT2D eigenvalue weighted by molar-refractivity contribution is 7.21. The quantitative estimate of drug-likeness (QED) is 0.897. The van der Waals surface area contributed by atoms with Crippen LogP contribution in [0.2, 0.25) is 10.0 Å². The Bertz CT molecular complexity index is 627. The van der Waals surface area contributed by atoms with Crippen molar-refractivity contribution < 1.29 is 9.90 Å². The minimum Gasteiger partial charge on any atom is -0.396 e. The molecule has 0 atom stereocenters. The van der Waals surface area contributed by atoms with Gasteiger partial charge in [-0.15, -0.1) is 11.3 Å². The van der Waals surface area contributed by atoms with Crippen molar-refractivity contribution in [1.29, 1.82) is 0 Å². The Morgan fingerprint density at radius 2 is 2.15 bits per heavy atom. The molecule has 0 saturated carbocycles. The molecule has 0 saturated heterocycles. The van der Waals surface area contributed by atoms with Gasteiger partial charge in [0.2, 0.25) is 0 Å². The molecule has 0 unspecified atom stereocenters. The van der Waals surface area contributed by atoms with Crippen molar-refractivity contribution in [3.05, 3.63) is 33.1 Å². The number of nitrogens with zero attached hydrogens (tertiary/aromatic N) is 1. The molecule has 0 bridgehead atoms. The van der Waals surface area contributed by atoms with Crippen molar-refractivity contribution in [2.24, 2.45) is 0 Å². The molecule has 1 heterocycles. The topological polar surface area (TPSA) is 40.5 Å².